The van der Waals surface area contributed by atoms with Crippen LogP contribution in [-0.2, 0) is 18.3 Å². The second kappa shape index (κ2) is 6.36. The summed E-state index contributed by atoms with van der Waals surface area (Å²) in [5, 5.41) is 14.0. The van der Waals surface area contributed by atoms with Gasteiger partial charge in [-0.2, -0.15) is 9.78 Å². The quantitative estimate of drug-likeness (QED) is 0.577. The SMILES string of the molecule is Cn1cc2ccc(-n3nnc4cnc(C[C@@H]5CC[C@@H](C(N)=O)C5)nc43)cc2n1. The van der Waals surface area contributed by atoms with Crippen LogP contribution < -0.4 is 5.73 Å². The second-order valence-electron chi connectivity index (χ2n) is 7.52. The number of nitrogens with zero attached hydrogens (tertiary/aromatic N) is 7. The minimum atomic E-state index is -0.203. The third-order valence-corrected chi connectivity index (χ3v) is 5.51. The summed E-state index contributed by atoms with van der Waals surface area (Å²) in [4.78, 5) is 20.6. The Labute approximate surface area is 160 Å². The van der Waals surface area contributed by atoms with E-state index in [0.29, 0.717) is 17.1 Å². The first-order valence-electron chi connectivity index (χ1n) is 9.37. The highest BCUT2D eigenvalue weighted by molar-refractivity contribution is 5.81. The lowest BCUT2D eigenvalue weighted by Crippen LogP contribution is -2.21. The summed E-state index contributed by atoms with van der Waals surface area (Å²) in [5.41, 5.74) is 8.50. The molecule has 1 saturated carbocycles. The summed E-state index contributed by atoms with van der Waals surface area (Å²) < 4.78 is 3.50. The van der Waals surface area contributed by atoms with Gasteiger partial charge in [0.05, 0.1) is 17.4 Å². The zero-order chi connectivity index (χ0) is 19.3. The van der Waals surface area contributed by atoms with Crippen LogP contribution in [0.1, 0.15) is 25.1 Å². The van der Waals surface area contributed by atoms with Gasteiger partial charge in [0.1, 0.15) is 5.82 Å². The van der Waals surface area contributed by atoms with Gasteiger partial charge in [-0.05, 0) is 43.4 Å². The van der Waals surface area contributed by atoms with Crippen LogP contribution in [0.15, 0.2) is 30.6 Å². The Bertz CT molecular complexity index is 1190. The number of amides is 1. The summed E-state index contributed by atoms with van der Waals surface area (Å²) in [6, 6.07) is 5.96. The largest absolute Gasteiger partial charge is 0.369 e. The Morgan fingerprint density at radius 3 is 3.00 bits per heavy atom. The van der Waals surface area contributed by atoms with Gasteiger partial charge in [0.25, 0.3) is 0 Å². The topological polar surface area (TPSA) is 117 Å². The number of rotatable bonds is 4. The summed E-state index contributed by atoms with van der Waals surface area (Å²) in [6.07, 6.45) is 7.05. The Kier molecular flexibility index (Phi) is 3.81. The van der Waals surface area contributed by atoms with Gasteiger partial charge in [-0.15, -0.1) is 5.10 Å². The van der Waals surface area contributed by atoms with Crippen LogP contribution in [0, 0.1) is 11.8 Å². The molecule has 9 nitrogen and oxygen atoms in total. The second-order valence-corrected chi connectivity index (χ2v) is 7.52. The number of benzene rings is 1. The van der Waals surface area contributed by atoms with Crippen molar-refractivity contribution in [2.24, 2.45) is 24.6 Å². The number of aromatic nitrogens is 7. The highest BCUT2D eigenvalue weighted by Gasteiger charge is 2.29. The molecule has 0 aliphatic heterocycles. The Morgan fingerprint density at radius 2 is 2.18 bits per heavy atom. The van der Waals surface area contributed by atoms with Crippen molar-refractivity contribution in [3.8, 4) is 5.69 Å². The van der Waals surface area contributed by atoms with Crippen molar-refractivity contribution in [3.05, 3.63) is 36.4 Å². The number of carbonyl (C=O) groups excluding carboxylic acids is 1. The lowest BCUT2D eigenvalue weighted by molar-refractivity contribution is -0.121. The molecule has 9 heteroatoms. The van der Waals surface area contributed by atoms with Gasteiger partial charge >= 0.3 is 0 Å². The molecule has 2 N–H and O–H groups in total. The van der Waals surface area contributed by atoms with E-state index in [-0.39, 0.29) is 11.8 Å². The summed E-state index contributed by atoms with van der Waals surface area (Å²) in [5.74, 6) is 0.895. The molecule has 0 unspecified atom stereocenters. The fraction of sp³-hybridized carbons (Fsp3) is 0.368. The third-order valence-electron chi connectivity index (χ3n) is 5.51. The van der Waals surface area contributed by atoms with Crippen LogP contribution in [0.3, 0.4) is 0 Å². The lowest BCUT2D eigenvalue weighted by Gasteiger charge is -2.08. The van der Waals surface area contributed by atoms with E-state index in [0.717, 1.165) is 48.1 Å². The fourth-order valence-corrected chi connectivity index (χ4v) is 4.07. The molecular formula is C19H20N8O. The van der Waals surface area contributed by atoms with Crippen LogP contribution in [0.2, 0.25) is 0 Å². The predicted molar refractivity (Wildman–Crippen MR) is 102 cm³/mol. The lowest BCUT2D eigenvalue weighted by atomic mass is 10.0. The molecule has 142 valence electrons. The van der Waals surface area contributed by atoms with Crippen molar-refractivity contribution >= 4 is 28.0 Å². The number of carbonyl (C=O) groups is 1. The normalized spacial score (nSPS) is 19.6. The summed E-state index contributed by atoms with van der Waals surface area (Å²) in [7, 11) is 1.90. The van der Waals surface area contributed by atoms with Crippen molar-refractivity contribution in [1.29, 1.82) is 0 Å². The molecule has 3 heterocycles. The monoisotopic (exact) mass is 376 g/mol. The maximum absolute atomic E-state index is 11.4. The molecule has 5 rings (SSSR count). The van der Waals surface area contributed by atoms with Crippen molar-refractivity contribution in [2.75, 3.05) is 0 Å². The molecule has 3 aromatic heterocycles. The van der Waals surface area contributed by atoms with Gasteiger partial charge in [0.15, 0.2) is 11.2 Å². The fourth-order valence-electron chi connectivity index (χ4n) is 4.07. The van der Waals surface area contributed by atoms with Gasteiger partial charge in [-0.25, -0.2) is 9.97 Å². The predicted octanol–water partition coefficient (Wildman–Crippen LogP) is 1.54. The third kappa shape index (κ3) is 2.88. The van der Waals surface area contributed by atoms with Crippen molar-refractivity contribution in [1.82, 2.24) is 34.7 Å². The van der Waals surface area contributed by atoms with Crippen LogP contribution in [0.25, 0.3) is 27.8 Å². The zero-order valence-corrected chi connectivity index (χ0v) is 15.5. The van der Waals surface area contributed by atoms with Gasteiger partial charge < -0.3 is 5.73 Å². The average Bonchev–Trinajstić information content (AvgIpc) is 3.38. The van der Waals surface area contributed by atoms with Crippen LogP contribution in [0.5, 0.6) is 0 Å². The van der Waals surface area contributed by atoms with Gasteiger partial charge in [-0.1, -0.05) is 5.21 Å². The molecule has 0 radical (unpaired) electrons. The average molecular weight is 376 g/mol. The van der Waals surface area contributed by atoms with E-state index in [1.54, 1.807) is 15.6 Å². The van der Waals surface area contributed by atoms with Crippen LogP contribution in [-0.4, -0.2) is 40.6 Å². The smallest absolute Gasteiger partial charge is 0.220 e. The highest BCUT2D eigenvalue weighted by Crippen LogP contribution is 2.32. The van der Waals surface area contributed by atoms with Crippen molar-refractivity contribution in [2.45, 2.75) is 25.7 Å². The molecule has 4 aromatic rings. The van der Waals surface area contributed by atoms with Crippen molar-refractivity contribution < 1.29 is 4.79 Å². The van der Waals surface area contributed by atoms with E-state index in [4.69, 9.17) is 10.7 Å². The molecule has 0 spiro atoms. The van der Waals surface area contributed by atoms with Gasteiger partial charge in [0.2, 0.25) is 5.91 Å². The molecule has 28 heavy (non-hydrogen) atoms. The van der Waals surface area contributed by atoms with Crippen LogP contribution >= 0.6 is 0 Å². The maximum atomic E-state index is 11.4. The van der Waals surface area contributed by atoms with Gasteiger partial charge in [0, 0.05) is 31.0 Å². The van der Waals surface area contributed by atoms with Gasteiger partial charge in [-0.3, -0.25) is 9.48 Å². The van der Waals surface area contributed by atoms with E-state index in [1.165, 1.54) is 0 Å². The van der Waals surface area contributed by atoms with E-state index < -0.39 is 0 Å². The molecular weight excluding hydrogens is 356 g/mol. The number of aryl methyl sites for hydroxylation is 1. The number of fused-ring (bicyclic) bond motifs is 2. The molecule has 1 aromatic carbocycles. The van der Waals surface area contributed by atoms with E-state index in [9.17, 15) is 4.79 Å². The highest BCUT2D eigenvalue weighted by atomic mass is 16.1. The van der Waals surface area contributed by atoms with Crippen LogP contribution in [0.4, 0.5) is 0 Å². The van der Waals surface area contributed by atoms with E-state index in [1.807, 2.05) is 31.4 Å². The minimum absolute atomic E-state index is 0.0222. The van der Waals surface area contributed by atoms with E-state index in [2.05, 4.69) is 20.4 Å². The Morgan fingerprint density at radius 1 is 1.29 bits per heavy atom. The molecule has 1 fully saturated rings. The standard InChI is InChI=1S/C19H20N8O/c1-26-10-13-4-5-14(8-15(13)24-26)27-19-16(23-25-27)9-21-17(22-19)7-11-2-3-12(6-11)18(20)28/h4-5,8-12H,2-3,6-7H2,1H3,(H2,20,28)/t11-,12-/m1/s1. The minimum Gasteiger partial charge on any atom is -0.369 e. The Balaban J connectivity index is 1.47. The molecule has 1 aliphatic carbocycles. The molecule has 0 saturated heterocycles. The number of hydrogen-bond donors (Lipinski definition) is 1. The van der Waals surface area contributed by atoms with Crippen molar-refractivity contribution in [3.63, 3.8) is 0 Å². The first kappa shape index (κ1) is 16.8. The first-order chi connectivity index (χ1) is 13.6. The molecule has 1 amide bonds. The first-order valence-corrected chi connectivity index (χ1v) is 9.37. The number of hydrogen-bond acceptors (Lipinski definition) is 6. The molecule has 2 atom stereocenters. The Hall–Kier alpha value is -3.36. The molecule has 0 bridgehead atoms. The molecule has 1 aliphatic rings. The number of nitrogens with two attached hydrogens (primary N) is 1. The summed E-state index contributed by atoms with van der Waals surface area (Å²) >= 11 is 0. The van der Waals surface area contributed by atoms with E-state index >= 15 is 0 Å². The number of primary amides is 1. The summed E-state index contributed by atoms with van der Waals surface area (Å²) in [6.45, 7) is 0. The maximum Gasteiger partial charge on any atom is 0.220 e. The zero-order valence-electron chi connectivity index (χ0n) is 15.5.